The zero-order chi connectivity index (χ0) is 22.5. The molecule has 1 aromatic carbocycles. The molecule has 13 heteroatoms. The summed E-state index contributed by atoms with van der Waals surface area (Å²) in [5, 5.41) is 9.76. The van der Waals surface area contributed by atoms with Crippen LogP contribution < -0.4 is 5.32 Å². The summed E-state index contributed by atoms with van der Waals surface area (Å²) in [5.74, 6) is 1.15. The van der Waals surface area contributed by atoms with Crippen LogP contribution in [0.4, 0.5) is 0 Å². The summed E-state index contributed by atoms with van der Waals surface area (Å²) in [7, 11) is 0. The lowest BCUT2D eigenvalue weighted by atomic mass is 10.2. The summed E-state index contributed by atoms with van der Waals surface area (Å²) in [6.45, 7) is 5.12. The fraction of sp³-hybridized carbons (Fsp3) is 0.400. The molecule has 1 atom stereocenters. The van der Waals surface area contributed by atoms with E-state index in [1.165, 1.54) is 23.1 Å². The maximum Gasteiger partial charge on any atom is 0.230 e. The van der Waals surface area contributed by atoms with E-state index in [4.69, 9.17) is 32.5 Å². The van der Waals surface area contributed by atoms with Gasteiger partial charge in [-0.1, -0.05) is 46.2 Å². The van der Waals surface area contributed by atoms with Crippen LogP contribution in [0.5, 0.6) is 0 Å². The van der Waals surface area contributed by atoms with Gasteiger partial charge in [0.05, 0.1) is 28.5 Å². The van der Waals surface area contributed by atoms with Gasteiger partial charge in [0.1, 0.15) is 5.69 Å². The summed E-state index contributed by atoms with van der Waals surface area (Å²) in [6, 6.07) is 5.67. The van der Waals surface area contributed by atoms with Gasteiger partial charge < -0.3 is 14.6 Å². The molecule has 1 N–H and O–H groups in total. The number of ether oxygens (including phenoxy) is 1. The van der Waals surface area contributed by atoms with Gasteiger partial charge >= 0.3 is 0 Å². The summed E-state index contributed by atoms with van der Waals surface area (Å²) in [4.78, 5) is 23.2. The molecule has 1 amide bonds. The maximum absolute atomic E-state index is 12.3. The Hall–Kier alpha value is -1.40. The lowest BCUT2D eigenvalue weighted by Crippen LogP contribution is -2.47. The first-order valence-electron chi connectivity index (χ1n) is 9.90. The summed E-state index contributed by atoms with van der Waals surface area (Å²) in [6.07, 6.45) is -0.0617. The van der Waals surface area contributed by atoms with Crippen molar-refractivity contribution in [1.29, 1.82) is 0 Å². The molecule has 2 aromatic heterocycles. The Kier molecular flexibility index (Phi) is 9.81. The van der Waals surface area contributed by atoms with E-state index in [0.717, 1.165) is 29.5 Å². The van der Waals surface area contributed by atoms with Crippen molar-refractivity contribution in [1.82, 2.24) is 25.3 Å². The van der Waals surface area contributed by atoms with Crippen LogP contribution >= 0.6 is 58.7 Å². The second kappa shape index (κ2) is 12.3. The van der Waals surface area contributed by atoms with E-state index in [0.29, 0.717) is 40.6 Å². The van der Waals surface area contributed by atoms with E-state index < -0.39 is 0 Å². The second-order valence-electron chi connectivity index (χ2n) is 7.20. The predicted molar refractivity (Wildman–Crippen MR) is 133 cm³/mol. The third-order valence-electron chi connectivity index (χ3n) is 4.71. The molecular formula is C20H22Cl3N5O3S2. The fourth-order valence-corrected chi connectivity index (χ4v) is 5.13. The van der Waals surface area contributed by atoms with Gasteiger partial charge in [0.2, 0.25) is 17.6 Å². The van der Waals surface area contributed by atoms with Crippen molar-refractivity contribution in [3.63, 3.8) is 0 Å². The Balaban J connectivity index is 0.00000306. The molecule has 1 saturated heterocycles. The van der Waals surface area contributed by atoms with E-state index in [9.17, 15) is 4.79 Å². The number of hydrogen-bond acceptors (Lipinski definition) is 9. The summed E-state index contributed by atoms with van der Waals surface area (Å²) >= 11 is 14.9. The average molecular weight is 551 g/mol. The average Bonchev–Trinajstić information content (AvgIpc) is 3.42. The molecule has 0 saturated carbocycles. The van der Waals surface area contributed by atoms with Gasteiger partial charge in [0.15, 0.2) is 4.34 Å². The SMILES string of the molecule is Cc1nc(-c2csc(SCC(=O)NCC3CN(Cc4ccc(Cl)c(Cl)c4)CCO3)n2)no1.Cl. The molecule has 0 bridgehead atoms. The topological polar surface area (TPSA) is 93.4 Å². The van der Waals surface area contributed by atoms with Crippen molar-refractivity contribution in [2.45, 2.75) is 23.9 Å². The Labute approximate surface area is 215 Å². The molecule has 0 aliphatic carbocycles. The van der Waals surface area contributed by atoms with Crippen molar-refractivity contribution in [2.24, 2.45) is 0 Å². The fourth-order valence-electron chi connectivity index (χ4n) is 3.18. The summed E-state index contributed by atoms with van der Waals surface area (Å²) in [5.41, 5.74) is 1.74. The molecule has 8 nitrogen and oxygen atoms in total. The Bertz CT molecular complexity index is 1080. The van der Waals surface area contributed by atoms with Crippen LogP contribution in [0.1, 0.15) is 11.5 Å². The van der Waals surface area contributed by atoms with E-state index in [1.54, 1.807) is 6.92 Å². The zero-order valence-corrected chi connectivity index (χ0v) is 21.6. The molecule has 33 heavy (non-hydrogen) atoms. The summed E-state index contributed by atoms with van der Waals surface area (Å²) < 4.78 is 11.6. The van der Waals surface area contributed by atoms with Gasteiger partial charge in [-0.15, -0.1) is 23.7 Å². The van der Waals surface area contributed by atoms with E-state index >= 15 is 0 Å². The van der Waals surface area contributed by atoms with Crippen LogP contribution in [0.15, 0.2) is 32.4 Å². The van der Waals surface area contributed by atoms with Crippen molar-refractivity contribution in [2.75, 3.05) is 32.0 Å². The van der Waals surface area contributed by atoms with Crippen molar-refractivity contribution in [3.8, 4) is 11.5 Å². The van der Waals surface area contributed by atoms with Crippen LogP contribution in [-0.4, -0.2) is 64.0 Å². The number of halogens is 3. The highest BCUT2D eigenvalue weighted by molar-refractivity contribution is 8.01. The number of morpholine rings is 1. The van der Waals surface area contributed by atoms with Crippen molar-refractivity contribution < 1.29 is 14.1 Å². The van der Waals surface area contributed by atoms with Crippen LogP contribution in [-0.2, 0) is 16.1 Å². The van der Waals surface area contributed by atoms with E-state index in [1.807, 2.05) is 23.6 Å². The number of amides is 1. The number of thioether (sulfide) groups is 1. The van der Waals surface area contributed by atoms with Gasteiger partial charge in [0, 0.05) is 38.5 Å². The van der Waals surface area contributed by atoms with E-state index in [-0.39, 0.29) is 30.2 Å². The van der Waals surface area contributed by atoms with E-state index in [2.05, 4.69) is 25.3 Å². The first-order valence-corrected chi connectivity index (χ1v) is 12.5. The number of nitrogens with zero attached hydrogens (tertiary/aromatic N) is 4. The predicted octanol–water partition coefficient (Wildman–Crippen LogP) is 4.34. The number of hydrogen-bond donors (Lipinski definition) is 1. The number of benzene rings is 1. The third kappa shape index (κ3) is 7.54. The molecule has 3 heterocycles. The number of aryl methyl sites for hydroxylation is 1. The van der Waals surface area contributed by atoms with Crippen molar-refractivity contribution >= 4 is 64.6 Å². The Morgan fingerprint density at radius 3 is 2.94 bits per heavy atom. The van der Waals surface area contributed by atoms with Gasteiger partial charge in [-0.2, -0.15) is 4.98 Å². The van der Waals surface area contributed by atoms with Gasteiger partial charge in [-0.3, -0.25) is 9.69 Å². The molecule has 1 unspecified atom stereocenters. The third-order valence-corrected chi connectivity index (χ3v) is 7.47. The quantitative estimate of drug-likeness (QED) is 0.414. The molecular weight excluding hydrogens is 529 g/mol. The number of thiazole rings is 1. The maximum atomic E-state index is 12.3. The second-order valence-corrected chi connectivity index (χ2v) is 10.1. The molecule has 1 aliphatic heterocycles. The number of rotatable bonds is 8. The number of carbonyl (C=O) groups excluding carboxylic acids is 1. The monoisotopic (exact) mass is 549 g/mol. The minimum Gasteiger partial charge on any atom is -0.374 e. The van der Waals surface area contributed by atoms with Crippen LogP contribution in [0, 0.1) is 6.92 Å². The smallest absolute Gasteiger partial charge is 0.230 e. The minimum atomic E-state index is -0.0626. The van der Waals surface area contributed by atoms with Crippen LogP contribution in [0.25, 0.3) is 11.5 Å². The lowest BCUT2D eigenvalue weighted by Gasteiger charge is -2.33. The van der Waals surface area contributed by atoms with Gasteiger partial charge in [-0.25, -0.2) is 4.98 Å². The number of aromatic nitrogens is 3. The molecule has 0 spiro atoms. The number of nitrogens with one attached hydrogen (secondary N) is 1. The molecule has 0 radical (unpaired) electrons. The van der Waals surface area contributed by atoms with Gasteiger partial charge in [0.25, 0.3) is 0 Å². The molecule has 178 valence electrons. The normalized spacial score (nSPS) is 16.4. The van der Waals surface area contributed by atoms with Gasteiger partial charge in [-0.05, 0) is 17.7 Å². The Morgan fingerprint density at radius 2 is 2.18 bits per heavy atom. The van der Waals surface area contributed by atoms with Crippen molar-refractivity contribution in [3.05, 3.63) is 45.1 Å². The van der Waals surface area contributed by atoms with Crippen LogP contribution in [0.3, 0.4) is 0 Å². The highest BCUT2D eigenvalue weighted by Gasteiger charge is 2.21. The molecule has 4 rings (SSSR count). The first-order chi connectivity index (χ1) is 15.5. The standard InChI is InChI=1S/C20H21Cl2N5O3S2.ClH/c1-12-24-19(26-30-12)17-10-31-20(25-17)32-11-18(28)23-7-14-9-27(4-5-29-14)8-13-2-3-15(21)16(22)6-13;/h2-3,6,10,14H,4-5,7-9,11H2,1H3,(H,23,28);1H. The zero-order valence-electron chi connectivity index (χ0n) is 17.6. The highest BCUT2D eigenvalue weighted by atomic mass is 35.5. The molecule has 1 aliphatic rings. The lowest BCUT2D eigenvalue weighted by molar-refractivity contribution is -0.119. The molecule has 3 aromatic rings. The first kappa shape index (κ1) is 26.2. The largest absolute Gasteiger partial charge is 0.374 e. The minimum absolute atomic E-state index is 0. The number of carbonyl (C=O) groups is 1. The van der Waals surface area contributed by atoms with Crippen LogP contribution in [0.2, 0.25) is 10.0 Å². The molecule has 1 fully saturated rings. The Morgan fingerprint density at radius 1 is 1.33 bits per heavy atom. The highest BCUT2D eigenvalue weighted by Crippen LogP contribution is 2.27.